The number of nitrogens with two attached hydrogens (primary N) is 1. The molecule has 0 saturated heterocycles. The highest BCUT2D eigenvalue weighted by atomic mass is 19.1. The van der Waals surface area contributed by atoms with Crippen molar-refractivity contribution in [2.24, 2.45) is 5.73 Å². The molecule has 2 N–H and O–H groups in total. The fourth-order valence-electron chi connectivity index (χ4n) is 1.17. The van der Waals surface area contributed by atoms with Crippen LogP contribution in [0.5, 0.6) is 5.75 Å². The number of hydrogen-bond donors (Lipinski definition) is 1. The summed E-state index contributed by atoms with van der Waals surface area (Å²) in [7, 11) is 1.12. The van der Waals surface area contributed by atoms with Crippen molar-refractivity contribution in [2.75, 3.05) is 13.7 Å². The van der Waals surface area contributed by atoms with Crippen LogP contribution in [0.3, 0.4) is 0 Å². The predicted molar refractivity (Wildman–Crippen MR) is 45.6 cm³/mol. The van der Waals surface area contributed by atoms with Gasteiger partial charge in [0.15, 0.2) is 17.4 Å². The fraction of sp³-hybridized carbons (Fsp3) is 0.333. The molecular weight excluding hydrogens is 195 g/mol. The molecule has 0 heterocycles. The van der Waals surface area contributed by atoms with Gasteiger partial charge in [0.25, 0.3) is 0 Å². The van der Waals surface area contributed by atoms with E-state index in [9.17, 15) is 13.2 Å². The summed E-state index contributed by atoms with van der Waals surface area (Å²) < 4.78 is 43.7. The lowest BCUT2D eigenvalue weighted by Gasteiger charge is -2.08. The number of ether oxygens (including phenoxy) is 1. The highest BCUT2D eigenvalue weighted by Gasteiger charge is 2.18. The second-order valence-corrected chi connectivity index (χ2v) is 2.70. The van der Waals surface area contributed by atoms with Gasteiger partial charge in [-0.15, -0.1) is 0 Å². The monoisotopic (exact) mass is 205 g/mol. The summed E-state index contributed by atoms with van der Waals surface area (Å²) >= 11 is 0. The van der Waals surface area contributed by atoms with Crippen molar-refractivity contribution in [1.82, 2.24) is 0 Å². The SMILES string of the molecule is COc1c(F)cc(F)c(CCN)c1F. The van der Waals surface area contributed by atoms with E-state index in [1.54, 1.807) is 0 Å². The standard InChI is InChI=1S/C9H10F3NO/c1-14-9-7(11)4-6(10)5(2-3-13)8(9)12/h4H,2-3,13H2,1H3. The van der Waals surface area contributed by atoms with Gasteiger partial charge in [0, 0.05) is 11.6 Å². The van der Waals surface area contributed by atoms with Crippen LogP contribution in [0.1, 0.15) is 5.56 Å². The molecular formula is C9H10F3NO. The molecule has 1 aromatic rings. The van der Waals surface area contributed by atoms with Crippen molar-refractivity contribution < 1.29 is 17.9 Å². The first-order valence-electron chi connectivity index (χ1n) is 4.02. The Bertz CT molecular complexity index is 341. The molecule has 0 saturated carbocycles. The zero-order valence-corrected chi connectivity index (χ0v) is 7.61. The van der Waals surface area contributed by atoms with Crippen LogP contribution >= 0.6 is 0 Å². The third-order valence-electron chi connectivity index (χ3n) is 1.82. The minimum atomic E-state index is -1.05. The lowest BCUT2D eigenvalue weighted by atomic mass is 10.1. The highest BCUT2D eigenvalue weighted by Crippen LogP contribution is 2.26. The molecule has 0 aromatic heterocycles. The molecule has 0 unspecified atom stereocenters. The Kier molecular flexibility index (Phi) is 3.35. The number of hydrogen-bond acceptors (Lipinski definition) is 2. The van der Waals surface area contributed by atoms with Gasteiger partial charge >= 0.3 is 0 Å². The van der Waals surface area contributed by atoms with Gasteiger partial charge in [-0.3, -0.25) is 0 Å². The molecule has 14 heavy (non-hydrogen) atoms. The van der Waals surface area contributed by atoms with Crippen LogP contribution in [0.4, 0.5) is 13.2 Å². The van der Waals surface area contributed by atoms with E-state index in [1.807, 2.05) is 0 Å². The maximum absolute atomic E-state index is 13.3. The smallest absolute Gasteiger partial charge is 0.190 e. The molecule has 5 heteroatoms. The summed E-state index contributed by atoms with van der Waals surface area (Å²) in [5.74, 6) is -3.58. The molecule has 1 rings (SSSR count). The quantitative estimate of drug-likeness (QED) is 0.813. The van der Waals surface area contributed by atoms with Crippen LogP contribution in [0.2, 0.25) is 0 Å². The Balaban J connectivity index is 3.28. The lowest BCUT2D eigenvalue weighted by molar-refractivity contribution is 0.353. The van der Waals surface area contributed by atoms with Crippen LogP contribution in [-0.2, 0) is 6.42 Å². The Hall–Kier alpha value is -1.23. The van der Waals surface area contributed by atoms with Crippen LogP contribution in [0.25, 0.3) is 0 Å². The second kappa shape index (κ2) is 4.32. The number of halogens is 3. The first-order chi connectivity index (χ1) is 6.61. The van der Waals surface area contributed by atoms with Crippen LogP contribution < -0.4 is 10.5 Å². The topological polar surface area (TPSA) is 35.2 Å². The molecule has 0 aliphatic heterocycles. The maximum atomic E-state index is 13.3. The maximum Gasteiger partial charge on any atom is 0.190 e. The first-order valence-corrected chi connectivity index (χ1v) is 4.02. The molecule has 0 fully saturated rings. The fourth-order valence-corrected chi connectivity index (χ4v) is 1.17. The minimum absolute atomic E-state index is 0.00824. The van der Waals surface area contributed by atoms with E-state index in [4.69, 9.17) is 5.73 Å². The van der Waals surface area contributed by atoms with Gasteiger partial charge in [-0.25, -0.2) is 13.2 Å². The number of rotatable bonds is 3. The zero-order valence-electron chi connectivity index (χ0n) is 7.61. The number of benzene rings is 1. The van der Waals surface area contributed by atoms with Crippen LogP contribution in [-0.4, -0.2) is 13.7 Å². The average Bonchev–Trinajstić information content (AvgIpc) is 2.12. The van der Waals surface area contributed by atoms with E-state index in [-0.39, 0.29) is 18.5 Å². The summed E-state index contributed by atoms with van der Waals surface area (Å²) in [5, 5.41) is 0. The first kappa shape index (κ1) is 10.8. The van der Waals surface area contributed by atoms with E-state index in [1.165, 1.54) is 0 Å². The van der Waals surface area contributed by atoms with E-state index >= 15 is 0 Å². The van der Waals surface area contributed by atoms with Gasteiger partial charge in [0.2, 0.25) is 0 Å². The average molecular weight is 205 g/mol. The summed E-state index contributed by atoms with van der Waals surface area (Å²) in [6.07, 6.45) is 0.00824. The van der Waals surface area contributed by atoms with Gasteiger partial charge in [-0.1, -0.05) is 0 Å². The molecule has 1 aromatic carbocycles. The summed E-state index contributed by atoms with van der Waals surface area (Å²) in [6.45, 7) is 0.0859. The summed E-state index contributed by atoms with van der Waals surface area (Å²) in [6, 6.07) is 0.590. The Morgan fingerprint density at radius 1 is 1.29 bits per heavy atom. The van der Waals surface area contributed by atoms with Gasteiger partial charge in [0.1, 0.15) is 5.82 Å². The van der Waals surface area contributed by atoms with Crippen molar-refractivity contribution in [3.63, 3.8) is 0 Å². The molecule has 0 amide bonds. The van der Waals surface area contributed by atoms with Crippen molar-refractivity contribution in [2.45, 2.75) is 6.42 Å². The molecule has 0 atom stereocenters. The van der Waals surface area contributed by atoms with Crippen LogP contribution in [0.15, 0.2) is 6.07 Å². The van der Waals surface area contributed by atoms with Crippen molar-refractivity contribution in [3.05, 3.63) is 29.1 Å². The van der Waals surface area contributed by atoms with Crippen molar-refractivity contribution in [3.8, 4) is 5.75 Å². The van der Waals surface area contributed by atoms with Crippen molar-refractivity contribution in [1.29, 1.82) is 0 Å². The van der Waals surface area contributed by atoms with Gasteiger partial charge in [-0.2, -0.15) is 0 Å². The zero-order chi connectivity index (χ0) is 10.7. The Labute approximate surface area is 79.5 Å². The predicted octanol–water partition coefficient (Wildman–Crippen LogP) is 1.61. The Morgan fingerprint density at radius 2 is 1.93 bits per heavy atom. The normalized spacial score (nSPS) is 10.4. The molecule has 0 aliphatic carbocycles. The van der Waals surface area contributed by atoms with E-state index in [0.29, 0.717) is 6.07 Å². The molecule has 0 spiro atoms. The van der Waals surface area contributed by atoms with E-state index < -0.39 is 23.2 Å². The second-order valence-electron chi connectivity index (χ2n) is 2.70. The van der Waals surface area contributed by atoms with E-state index in [0.717, 1.165) is 7.11 Å². The molecule has 0 radical (unpaired) electrons. The van der Waals surface area contributed by atoms with Gasteiger partial charge in [0.05, 0.1) is 7.11 Å². The van der Waals surface area contributed by atoms with Crippen LogP contribution in [0, 0.1) is 17.5 Å². The molecule has 0 aliphatic rings. The third-order valence-corrected chi connectivity index (χ3v) is 1.82. The summed E-state index contributed by atoms with van der Waals surface area (Å²) in [5.41, 5.74) is 4.92. The minimum Gasteiger partial charge on any atom is -0.491 e. The third kappa shape index (κ3) is 1.82. The molecule has 2 nitrogen and oxygen atoms in total. The van der Waals surface area contributed by atoms with Gasteiger partial charge in [-0.05, 0) is 13.0 Å². The molecule has 78 valence electrons. The van der Waals surface area contributed by atoms with Gasteiger partial charge < -0.3 is 10.5 Å². The molecule has 0 bridgehead atoms. The Morgan fingerprint density at radius 3 is 2.43 bits per heavy atom. The largest absolute Gasteiger partial charge is 0.491 e. The van der Waals surface area contributed by atoms with E-state index in [2.05, 4.69) is 4.74 Å². The lowest BCUT2D eigenvalue weighted by Crippen LogP contribution is -2.08. The highest BCUT2D eigenvalue weighted by molar-refractivity contribution is 5.34. The number of methoxy groups -OCH3 is 1. The van der Waals surface area contributed by atoms with Crippen molar-refractivity contribution >= 4 is 0 Å². The summed E-state index contributed by atoms with van der Waals surface area (Å²) in [4.78, 5) is 0.